The molecule has 1 aromatic rings. The van der Waals surface area contributed by atoms with Gasteiger partial charge in [0.05, 0.1) is 24.5 Å². The number of anilines is 1. The van der Waals surface area contributed by atoms with Crippen LogP contribution in [0.15, 0.2) is 18.2 Å². The Hall–Kier alpha value is -1.79. The number of ether oxygens (including phenoxy) is 3. The third-order valence-electron chi connectivity index (χ3n) is 3.65. The molecule has 1 aliphatic rings. The normalized spacial score (nSPS) is 21.2. The van der Waals surface area contributed by atoms with E-state index in [4.69, 9.17) is 19.9 Å². The Morgan fingerprint density at radius 2 is 2.33 bits per heavy atom. The third-order valence-corrected chi connectivity index (χ3v) is 3.65. The molecular weight excluding hydrogens is 272 g/mol. The number of methoxy groups -OCH3 is 1. The molecule has 1 fully saturated rings. The summed E-state index contributed by atoms with van der Waals surface area (Å²) in [5, 5.41) is 2.88. The van der Waals surface area contributed by atoms with E-state index in [9.17, 15) is 4.79 Å². The van der Waals surface area contributed by atoms with Crippen LogP contribution in [0.4, 0.5) is 5.69 Å². The molecule has 0 aromatic heterocycles. The number of nitrogens with one attached hydrogen (secondary N) is 1. The smallest absolute Gasteiger partial charge is 0.255 e. The van der Waals surface area contributed by atoms with Crippen LogP contribution >= 0.6 is 0 Å². The van der Waals surface area contributed by atoms with Crippen LogP contribution in [0, 0.1) is 0 Å². The van der Waals surface area contributed by atoms with Gasteiger partial charge in [0, 0.05) is 26.7 Å². The zero-order valence-corrected chi connectivity index (χ0v) is 12.5. The summed E-state index contributed by atoms with van der Waals surface area (Å²) in [6, 6.07) is 5.14. The van der Waals surface area contributed by atoms with Gasteiger partial charge in [0.2, 0.25) is 0 Å². The molecule has 1 aliphatic heterocycles. The molecule has 1 unspecified atom stereocenters. The van der Waals surface area contributed by atoms with Crippen molar-refractivity contribution in [2.24, 2.45) is 0 Å². The first-order valence-electron chi connectivity index (χ1n) is 7.04. The highest BCUT2D eigenvalue weighted by Gasteiger charge is 2.35. The van der Waals surface area contributed by atoms with Gasteiger partial charge in [-0.15, -0.1) is 0 Å². The summed E-state index contributed by atoms with van der Waals surface area (Å²) in [6.45, 7) is 3.82. The molecule has 0 spiro atoms. The van der Waals surface area contributed by atoms with Crippen molar-refractivity contribution < 1.29 is 19.0 Å². The van der Waals surface area contributed by atoms with Crippen molar-refractivity contribution in [3.8, 4) is 5.75 Å². The van der Waals surface area contributed by atoms with Crippen molar-refractivity contribution in [2.45, 2.75) is 18.9 Å². The van der Waals surface area contributed by atoms with Crippen LogP contribution < -0.4 is 15.8 Å². The second kappa shape index (κ2) is 6.78. The number of benzene rings is 1. The molecule has 21 heavy (non-hydrogen) atoms. The van der Waals surface area contributed by atoms with Crippen molar-refractivity contribution in [3.05, 3.63) is 23.8 Å². The zero-order valence-electron chi connectivity index (χ0n) is 12.5. The summed E-state index contributed by atoms with van der Waals surface area (Å²) >= 11 is 0. The maximum atomic E-state index is 12.4. The van der Waals surface area contributed by atoms with Crippen LogP contribution in [-0.2, 0) is 9.47 Å². The standard InChI is InChI=1S/C15H22N2O4/c1-3-21-13-11(5-4-6-12(13)16)14(18)17-9-15(19-2)7-8-20-10-15/h4-6H,3,7-10,16H2,1-2H3,(H,17,18). The zero-order chi connectivity index (χ0) is 15.3. The molecule has 1 amide bonds. The van der Waals surface area contributed by atoms with E-state index in [1.807, 2.05) is 6.92 Å². The molecule has 0 bridgehead atoms. The molecule has 0 saturated carbocycles. The van der Waals surface area contributed by atoms with E-state index >= 15 is 0 Å². The summed E-state index contributed by atoms with van der Waals surface area (Å²) < 4.78 is 16.3. The van der Waals surface area contributed by atoms with Gasteiger partial charge in [0.25, 0.3) is 5.91 Å². The van der Waals surface area contributed by atoms with E-state index in [0.29, 0.717) is 43.4 Å². The summed E-state index contributed by atoms with van der Waals surface area (Å²) in [4.78, 5) is 12.4. The lowest BCUT2D eigenvalue weighted by Gasteiger charge is -2.26. The van der Waals surface area contributed by atoms with Gasteiger partial charge in [-0.2, -0.15) is 0 Å². The van der Waals surface area contributed by atoms with E-state index in [1.54, 1.807) is 25.3 Å². The van der Waals surface area contributed by atoms with Gasteiger partial charge in [0.15, 0.2) is 5.75 Å². The van der Waals surface area contributed by atoms with Gasteiger partial charge >= 0.3 is 0 Å². The van der Waals surface area contributed by atoms with Crippen LogP contribution in [0.5, 0.6) is 5.75 Å². The molecule has 1 atom stereocenters. The fourth-order valence-corrected chi connectivity index (χ4v) is 2.34. The summed E-state index contributed by atoms with van der Waals surface area (Å²) in [5.41, 5.74) is 6.31. The molecule has 3 N–H and O–H groups in total. The molecular formula is C15H22N2O4. The lowest BCUT2D eigenvalue weighted by atomic mass is 10.0. The number of hydrogen-bond donors (Lipinski definition) is 2. The van der Waals surface area contributed by atoms with E-state index in [1.165, 1.54) is 0 Å². The van der Waals surface area contributed by atoms with E-state index in [0.717, 1.165) is 6.42 Å². The van der Waals surface area contributed by atoms with Gasteiger partial charge in [-0.05, 0) is 19.1 Å². The Morgan fingerprint density at radius 1 is 1.52 bits per heavy atom. The topological polar surface area (TPSA) is 82.8 Å². The predicted octanol–water partition coefficient (Wildman–Crippen LogP) is 1.20. The minimum Gasteiger partial charge on any atom is -0.491 e. The highest BCUT2D eigenvalue weighted by atomic mass is 16.5. The summed E-state index contributed by atoms with van der Waals surface area (Å²) in [5.74, 6) is 0.195. The number of carbonyl (C=O) groups excluding carboxylic acids is 1. The fraction of sp³-hybridized carbons (Fsp3) is 0.533. The molecule has 2 rings (SSSR count). The predicted molar refractivity (Wildman–Crippen MR) is 79.5 cm³/mol. The second-order valence-electron chi connectivity index (χ2n) is 5.03. The Labute approximate surface area is 124 Å². The Balaban J connectivity index is 2.08. The van der Waals surface area contributed by atoms with E-state index < -0.39 is 5.60 Å². The third kappa shape index (κ3) is 3.46. The average molecular weight is 294 g/mol. The molecule has 6 nitrogen and oxygen atoms in total. The first-order chi connectivity index (χ1) is 10.1. The molecule has 116 valence electrons. The van der Waals surface area contributed by atoms with E-state index in [-0.39, 0.29) is 5.91 Å². The molecule has 1 heterocycles. The number of nitrogens with two attached hydrogens (primary N) is 1. The number of nitrogen functional groups attached to an aromatic ring is 1. The number of para-hydroxylation sites is 1. The average Bonchev–Trinajstić information content (AvgIpc) is 2.96. The Bertz CT molecular complexity index is 498. The lowest BCUT2D eigenvalue weighted by Crippen LogP contribution is -2.45. The van der Waals surface area contributed by atoms with Gasteiger partial charge in [-0.1, -0.05) is 6.07 Å². The van der Waals surface area contributed by atoms with Gasteiger partial charge in [-0.3, -0.25) is 4.79 Å². The molecule has 0 radical (unpaired) electrons. The van der Waals surface area contributed by atoms with Crippen molar-refractivity contribution in [2.75, 3.05) is 39.2 Å². The Morgan fingerprint density at radius 3 is 2.95 bits per heavy atom. The van der Waals surface area contributed by atoms with Gasteiger partial charge < -0.3 is 25.3 Å². The minimum atomic E-state index is -0.443. The van der Waals surface area contributed by atoms with E-state index in [2.05, 4.69) is 5.32 Å². The summed E-state index contributed by atoms with van der Waals surface area (Å²) in [7, 11) is 1.63. The lowest BCUT2D eigenvalue weighted by molar-refractivity contribution is -0.0148. The highest BCUT2D eigenvalue weighted by Crippen LogP contribution is 2.27. The van der Waals surface area contributed by atoms with Crippen LogP contribution in [0.25, 0.3) is 0 Å². The maximum Gasteiger partial charge on any atom is 0.255 e. The second-order valence-corrected chi connectivity index (χ2v) is 5.03. The van der Waals surface area contributed by atoms with Crippen molar-refractivity contribution in [1.29, 1.82) is 0 Å². The quantitative estimate of drug-likeness (QED) is 0.770. The number of hydrogen-bond acceptors (Lipinski definition) is 5. The van der Waals surface area contributed by atoms with Crippen molar-refractivity contribution in [1.82, 2.24) is 5.32 Å². The van der Waals surface area contributed by atoms with Gasteiger partial charge in [-0.25, -0.2) is 0 Å². The number of amides is 1. The number of rotatable bonds is 6. The van der Waals surface area contributed by atoms with Crippen molar-refractivity contribution in [3.63, 3.8) is 0 Å². The van der Waals surface area contributed by atoms with Crippen LogP contribution in [0.2, 0.25) is 0 Å². The highest BCUT2D eigenvalue weighted by molar-refractivity contribution is 5.98. The number of carbonyl (C=O) groups is 1. The largest absolute Gasteiger partial charge is 0.491 e. The first kappa shape index (κ1) is 15.6. The molecule has 0 aliphatic carbocycles. The molecule has 6 heteroatoms. The molecule has 1 saturated heterocycles. The van der Waals surface area contributed by atoms with Crippen LogP contribution in [-0.4, -0.2) is 45.0 Å². The van der Waals surface area contributed by atoms with Gasteiger partial charge in [0.1, 0.15) is 5.60 Å². The Kier molecular flexibility index (Phi) is 5.03. The first-order valence-corrected chi connectivity index (χ1v) is 7.04. The SMILES string of the molecule is CCOc1c(N)cccc1C(=O)NCC1(OC)CCOC1. The maximum absolute atomic E-state index is 12.4. The minimum absolute atomic E-state index is 0.228. The van der Waals surface area contributed by atoms with Crippen molar-refractivity contribution >= 4 is 11.6 Å². The monoisotopic (exact) mass is 294 g/mol. The molecule has 1 aromatic carbocycles. The van der Waals surface area contributed by atoms with Crippen LogP contribution in [0.1, 0.15) is 23.7 Å². The fourth-order valence-electron chi connectivity index (χ4n) is 2.34. The summed E-state index contributed by atoms with van der Waals surface area (Å²) in [6.07, 6.45) is 0.763. The van der Waals surface area contributed by atoms with Crippen LogP contribution in [0.3, 0.4) is 0 Å².